The number of nitrogens with two attached hydrogens (primary N) is 1. The number of hydrogen-bond donors (Lipinski definition) is 3. The van der Waals surface area contributed by atoms with Crippen molar-refractivity contribution in [3.05, 3.63) is 48.2 Å². The zero-order valence-electron chi connectivity index (χ0n) is 11.3. The summed E-state index contributed by atoms with van der Waals surface area (Å²) in [6.07, 6.45) is 1.58. The number of H-pyrrole nitrogens is 1. The Labute approximate surface area is 122 Å². The predicted octanol–water partition coefficient (Wildman–Crippen LogP) is 2.25. The minimum Gasteiger partial charge on any atom is -0.399 e. The first-order valence-corrected chi connectivity index (χ1v) is 7.77. The molecule has 0 amide bonds. The van der Waals surface area contributed by atoms with Crippen molar-refractivity contribution < 1.29 is 8.42 Å². The van der Waals surface area contributed by atoms with E-state index in [-0.39, 0.29) is 4.90 Å². The molecule has 108 valence electrons. The molecule has 21 heavy (non-hydrogen) atoms. The molecule has 0 saturated heterocycles. The van der Waals surface area contributed by atoms with Gasteiger partial charge in [-0.1, -0.05) is 6.07 Å². The van der Waals surface area contributed by atoms with E-state index in [9.17, 15) is 8.42 Å². The van der Waals surface area contributed by atoms with Crippen LogP contribution in [0.1, 0.15) is 5.56 Å². The molecule has 4 N–H and O–H groups in total. The number of nitrogen functional groups attached to an aromatic ring is 1. The van der Waals surface area contributed by atoms with Gasteiger partial charge in [0.05, 0.1) is 22.3 Å². The third-order valence-electron chi connectivity index (χ3n) is 3.28. The quantitative estimate of drug-likeness (QED) is 0.646. The van der Waals surface area contributed by atoms with Crippen LogP contribution in [0, 0.1) is 6.92 Å². The van der Waals surface area contributed by atoms with E-state index < -0.39 is 10.0 Å². The Morgan fingerprint density at radius 3 is 2.81 bits per heavy atom. The number of anilines is 2. The van der Waals surface area contributed by atoms with Crippen LogP contribution in [0.3, 0.4) is 0 Å². The third kappa shape index (κ3) is 2.43. The molecule has 1 aromatic heterocycles. The summed E-state index contributed by atoms with van der Waals surface area (Å²) in [5, 5.41) is 7.43. The van der Waals surface area contributed by atoms with E-state index in [0.717, 1.165) is 11.1 Å². The van der Waals surface area contributed by atoms with E-state index >= 15 is 0 Å². The number of nitrogens with one attached hydrogen (secondary N) is 2. The standard InChI is InChI=1S/C14H14N4O2S/c1-9-7-10(5-6-12(9)15)21(19,20)18-14-4-2-3-13-11(14)8-16-17-13/h2-8,18H,15H2,1H3,(H,16,17). The maximum absolute atomic E-state index is 12.4. The van der Waals surface area contributed by atoms with Gasteiger partial charge in [0.15, 0.2) is 0 Å². The van der Waals surface area contributed by atoms with Crippen molar-refractivity contribution >= 4 is 32.3 Å². The maximum Gasteiger partial charge on any atom is 0.261 e. The molecule has 0 aliphatic carbocycles. The Balaban J connectivity index is 2.03. The number of aryl methyl sites for hydroxylation is 1. The van der Waals surface area contributed by atoms with Crippen LogP contribution < -0.4 is 10.5 Å². The average Bonchev–Trinajstić information content (AvgIpc) is 2.91. The molecule has 3 aromatic rings. The fourth-order valence-corrected chi connectivity index (χ4v) is 3.24. The van der Waals surface area contributed by atoms with E-state index in [4.69, 9.17) is 5.73 Å². The number of sulfonamides is 1. The minimum atomic E-state index is -3.67. The lowest BCUT2D eigenvalue weighted by molar-refractivity contribution is 0.601. The summed E-state index contributed by atoms with van der Waals surface area (Å²) < 4.78 is 27.5. The first-order valence-electron chi connectivity index (χ1n) is 6.28. The molecule has 7 heteroatoms. The van der Waals surface area contributed by atoms with Gasteiger partial charge in [0, 0.05) is 11.1 Å². The van der Waals surface area contributed by atoms with Crippen LogP contribution >= 0.6 is 0 Å². The smallest absolute Gasteiger partial charge is 0.261 e. The molecule has 0 aliphatic heterocycles. The summed E-state index contributed by atoms with van der Waals surface area (Å²) >= 11 is 0. The summed E-state index contributed by atoms with van der Waals surface area (Å²) in [5.41, 5.74) is 8.25. The first-order chi connectivity index (χ1) is 9.97. The highest BCUT2D eigenvalue weighted by Gasteiger charge is 2.16. The number of rotatable bonds is 3. The van der Waals surface area contributed by atoms with Crippen LogP contribution in [-0.2, 0) is 10.0 Å². The number of benzene rings is 2. The number of aromatic nitrogens is 2. The van der Waals surface area contributed by atoms with Crippen LogP contribution in [0.5, 0.6) is 0 Å². The van der Waals surface area contributed by atoms with E-state index in [1.807, 2.05) is 6.07 Å². The highest BCUT2D eigenvalue weighted by molar-refractivity contribution is 7.92. The van der Waals surface area contributed by atoms with E-state index in [1.165, 1.54) is 6.07 Å². The van der Waals surface area contributed by atoms with Gasteiger partial charge in [-0.2, -0.15) is 5.10 Å². The summed E-state index contributed by atoms with van der Waals surface area (Å²) in [6, 6.07) is 9.90. The molecular weight excluding hydrogens is 288 g/mol. The van der Waals surface area contributed by atoms with E-state index in [1.54, 1.807) is 37.4 Å². The highest BCUT2D eigenvalue weighted by atomic mass is 32.2. The lowest BCUT2D eigenvalue weighted by Crippen LogP contribution is -2.13. The van der Waals surface area contributed by atoms with Gasteiger partial charge in [-0.25, -0.2) is 8.42 Å². The number of aromatic amines is 1. The second kappa shape index (κ2) is 4.78. The van der Waals surface area contributed by atoms with Gasteiger partial charge in [-0.3, -0.25) is 9.82 Å². The summed E-state index contributed by atoms with van der Waals surface area (Å²) in [4.78, 5) is 0.176. The predicted molar refractivity (Wildman–Crippen MR) is 82.5 cm³/mol. The molecule has 0 aliphatic rings. The van der Waals surface area contributed by atoms with Gasteiger partial charge >= 0.3 is 0 Å². The Morgan fingerprint density at radius 2 is 2.05 bits per heavy atom. The third-order valence-corrected chi connectivity index (χ3v) is 4.64. The Kier molecular flexibility index (Phi) is 3.06. The second-order valence-electron chi connectivity index (χ2n) is 4.76. The number of fused-ring (bicyclic) bond motifs is 1. The van der Waals surface area contributed by atoms with Crippen LogP contribution in [0.15, 0.2) is 47.5 Å². The molecule has 0 radical (unpaired) electrons. The van der Waals surface area contributed by atoms with Gasteiger partial charge in [0.25, 0.3) is 10.0 Å². The van der Waals surface area contributed by atoms with Crippen molar-refractivity contribution in [2.75, 3.05) is 10.5 Å². The molecule has 0 fully saturated rings. The minimum absolute atomic E-state index is 0.176. The lowest BCUT2D eigenvalue weighted by Gasteiger charge is -2.10. The normalized spacial score (nSPS) is 11.7. The van der Waals surface area contributed by atoms with Crippen molar-refractivity contribution in [3.8, 4) is 0 Å². The molecule has 0 atom stereocenters. The molecular formula is C14H14N4O2S. The zero-order chi connectivity index (χ0) is 15.0. The van der Waals surface area contributed by atoms with Crippen LogP contribution in [0.4, 0.5) is 11.4 Å². The molecule has 6 nitrogen and oxygen atoms in total. The van der Waals surface area contributed by atoms with Crippen LogP contribution in [0.2, 0.25) is 0 Å². The van der Waals surface area contributed by atoms with Gasteiger partial charge in [0.1, 0.15) is 0 Å². The van der Waals surface area contributed by atoms with Crippen molar-refractivity contribution in [3.63, 3.8) is 0 Å². The van der Waals surface area contributed by atoms with Gasteiger partial charge < -0.3 is 5.73 Å². The summed E-state index contributed by atoms with van der Waals surface area (Å²) in [6.45, 7) is 1.77. The molecule has 2 aromatic carbocycles. The van der Waals surface area contributed by atoms with Crippen LogP contribution in [-0.4, -0.2) is 18.6 Å². The molecule has 0 unspecified atom stereocenters. The molecule has 3 rings (SSSR count). The van der Waals surface area contributed by atoms with Crippen LogP contribution in [0.25, 0.3) is 10.9 Å². The maximum atomic E-state index is 12.4. The molecule has 0 spiro atoms. The van der Waals surface area contributed by atoms with Crippen molar-refractivity contribution in [2.24, 2.45) is 0 Å². The Morgan fingerprint density at radius 1 is 1.24 bits per heavy atom. The number of hydrogen-bond acceptors (Lipinski definition) is 4. The Bertz CT molecular complexity index is 916. The Hall–Kier alpha value is -2.54. The van der Waals surface area contributed by atoms with E-state index in [0.29, 0.717) is 16.8 Å². The van der Waals surface area contributed by atoms with E-state index in [2.05, 4.69) is 14.9 Å². The SMILES string of the molecule is Cc1cc(S(=O)(=O)Nc2cccc3[nH]ncc23)ccc1N. The summed E-state index contributed by atoms with van der Waals surface area (Å²) in [7, 11) is -3.67. The van der Waals surface area contributed by atoms with Gasteiger partial charge in [0.2, 0.25) is 0 Å². The topological polar surface area (TPSA) is 101 Å². The molecule has 1 heterocycles. The average molecular weight is 302 g/mol. The second-order valence-corrected chi connectivity index (χ2v) is 6.44. The molecule has 0 bridgehead atoms. The fraction of sp³-hybridized carbons (Fsp3) is 0.0714. The van der Waals surface area contributed by atoms with Crippen molar-refractivity contribution in [1.82, 2.24) is 10.2 Å². The summed E-state index contributed by atoms with van der Waals surface area (Å²) in [5.74, 6) is 0. The first kappa shape index (κ1) is 13.4. The largest absolute Gasteiger partial charge is 0.399 e. The number of nitrogens with zero attached hydrogens (tertiary/aromatic N) is 1. The van der Waals surface area contributed by atoms with Crippen molar-refractivity contribution in [1.29, 1.82) is 0 Å². The van der Waals surface area contributed by atoms with Gasteiger partial charge in [-0.05, 0) is 42.8 Å². The fourth-order valence-electron chi connectivity index (χ4n) is 2.08. The monoisotopic (exact) mass is 302 g/mol. The highest BCUT2D eigenvalue weighted by Crippen LogP contribution is 2.25. The van der Waals surface area contributed by atoms with Gasteiger partial charge in [-0.15, -0.1) is 0 Å². The molecule has 0 saturated carbocycles. The van der Waals surface area contributed by atoms with Crippen molar-refractivity contribution in [2.45, 2.75) is 11.8 Å². The lowest BCUT2D eigenvalue weighted by atomic mass is 10.2. The zero-order valence-corrected chi connectivity index (χ0v) is 12.1.